The molecule has 1 atom stereocenters. The van der Waals surface area contributed by atoms with Crippen molar-refractivity contribution in [2.45, 2.75) is 19.4 Å². The first kappa shape index (κ1) is 17.7. The third-order valence-electron chi connectivity index (χ3n) is 3.24. The fourth-order valence-corrected chi connectivity index (χ4v) is 2.92. The maximum Gasteiger partial charge on any atom is 0.307 e. The van der Waals surface area contributed by atoms with Crippen LogP contribution < -0.4 is 10.6 Å². The maximum absolute atomic E-state index is 12.5. The summed E-state index contributed by atoms with van der Waals surface area (Å²) < 4.78 is 4.70. The Morgan fingerprint density at radius 2 is 2.00 bits per heavy atom. The molecule has 6 nitrogen and oxygen atoms in total. The highest BCUT2D eigenvalue weighted by Crippen LogP contribution is 2.23. The Labute approximate surface area is 143 Å². The van der Waals surface area contributed by atoms with E-state index in [9.17, 15) is 14.4 Å². The van der Waals surface area contributed by atoms with Gasteiger partial charge >= 0.3 is 5.97 Å². The zero-order valence-electron chi connectivity index (χ0n) is 13.4. The topological polar surface area (TPSA) is 84.5 Å². The normalized spacial score (nSPS) is 11.4. The summed E-state index contributed by atoms with van der Waals surface area (Å²) in [6.07, 6.45) is 0.0497. The van der Waals surface area contributed by atoms with Crippen molar-refractivity contribution in [3.8, 4) is 0 Å². The van der Waals surface area contributed by atoms with Gasteiger partial charge in [0.1, 0.15) is 0 Å². The highest BCUT2D eigenvalue weighted by Gasteiger charge is 2.20. The minimum absolute atomic E-state index is 0.0497. The largest absolute Gasteiger partial charge is 0.469 e. The molecule has 0 saturated heterocycles. The number of hydrogen-bond donors (Lipinski definition) is 2. The number of ether oxygens (including phenoxy) is 1. The molecule has 24 heavy (non-hydrogen) atoms. The third-order valence-corrected chi connectivity index (χ3v) is 4.22. The quantitative estimate of drug-likeness (QED) is 0.788. The minimum Gasteiger partial charge on any atom is -0.469 e. The summed E-state index contributed by atoms with van der Waals surface area (Å²) in [7, 11) is 1.31. The van der Waals surface area contributed by atoms with Gasteiger partial charge in [0.15, 0.2) is 0 Å². The lowest BCUT2D eigenvalue weighted by Gasteiger charge is -2.16. The van der Waals surface area contributed by atoms with Crippen LogP contribution in [0.25, 0.3) is 0 Å². The molecule has 0 spiro atoms. The summed E-state index contributed by atoms with van der Waals surface area (Å²) in [5.74, 6) is -0.945. The highest BCUT2D eigenvalue weighted by atomic mass is 32.1. The number of esters is 1. The fourth-order valence-electron chi connectivity index (χ4n) is 2.15. The number of methoxy groups -OCH3 is 1. The van der Waals surface area contributed by atoms with Crippen molar-refractivity contribution in [1.29, 1.82) is 0 Å². The number of rotatable bonds is 6. The SMILES string of the molecule is COC(=O)C[C@@H](NC(=O)c1cccc(NC(C)=O)c1)c1cccs1. The van der Waals surface area contributed by atoms with Crippen LogP contribution in [0.4, 0.5) is 5.69 Å². The van der Waals surface area contributed by atoms with Gasteiger partial charge in [0.25, 0.3) is 5.91 Å². The Bertz CT molecular complexity index is 728. The second-order valence-electron chi connectivity index (χ2n) is 5.08. The third kappa shape index (κ3) is 4.92. The lowest BCUT2D eigenvalue weighted by atomic mass is 10.1. The molecule has 0 saturated carbocycles. The molecule has 2 rings (SSSR count). The summed E-state index contributed by atoms with van der Waals surface area (Å²) in [4.78, 5) is 36.1. The van der Waals surface area contributed by atoms with E-state index in [2.05, 4.69) is 10.6 Å². The van der Waals surface area contributed by atoms with E-state index < -0.39 is 12.0 Å². The van der Waals surface area contributed by atoms with Crippen molar-refractivity contribution < 1.29 is 19.1 Å². The molecule has 126 valence electrons. The van der Waals surface area contributed by atoms with Crippen LogP contribution in [-0.2, 0) is 14.3 Å². The van der Waals surface area contributed by atoms with Crippen LogP contribution in [0.15, 0.2) is 41.8 Å². The Morgan fingerprint density at radius 1 is 1.21 bits per heavy atom. The van der Waals surface area contributed by atoms with Gasteiger partial charge in [-0.25, -0.2) is 0 Å². The van der Waals surface area contributed by atoms with Gasteiger partial charge in [0.05, 0.1) is 19.6 Å². The Kier molecular flexibility index (Phi) is 6.08. The monoisotopic (exact) mass is 346 g/mol. The van der Waals surface area contributed by atoms with Crippen molar-refractivity contribution in [2.24, 2.45) is 0 Å². The van der Waals surface area contributed by atoms with E-state index >= 15 is 0 Å². The molecule has 2 aromatic rings. The van der Waals surface area contributed by atoms with Crippen molar-refractivity contribution in [3.05, 3.63) is 52.2 Å². The highest BCUT2D eigenvalue weighted by molar-refractivity contribution is 7.10. The smallest absolute Gasteiger partial charge is 0.307 e. The number of carbonyl (C=O) groups excluding carboxylic acids is 3. The molecular formula is C17H18N2O4S. The van der Waals surface area contributed by atoms with Crippen LogP contribution >= 0.6 is 11.3 Å². The molecule has 0 unspecified atom stereocenters. The Morgan fingerprint density at radius 3 is 2.62 bits per heavy atom. The van der Waals surface area contributed by atoms with Crippen molar-refractivity contribution in [3.63, 3.8) is 0 Å². The van der Waals surface area contributed by atoms with Gasteiger partial charge < -0.3 is 15.4 Å². The van der Waals surface area contributed by atoms with Crippen molar-refractivity contribution in [1.82, 2.24) is 5.32 Å². The number of carbonyl (C=O) groups is 3. The summed E-state index contributed by atoms with van der Waals surface area (Å²) in [6, 6.07) is 9.85. The van der Waals surface area contributed by atoms with Crippen LogP contribution in [0.2, 0.25) is 0 Å². The Hall–Kier alpha value is -2.67. The molecule has 1 aromatic carbocycles. The second kappa shape index (κ2) is 8.26. The Balaban J connectivity index is 2.15. The van der Waals surface area contributed by atoms with E-state index in [1.807, 2.05) is 17.5 Å². The lowest BCUT2D eigenvalue weighted by Crippen LogP contribution is -2.30. The van der Waals surface area contributed by atoms with Gasteiger partial charge in [-0.3, -0.25) is 14.4 Å². The van der Waals surface area contributed by atoms with E-state index in [1.54, 1.807) is 24.3 Å². The first-order valence-electron chi connectivity index (χ1n) is 7.28. The molecule has 7 heteroatoms. The number of amides is 2. The van der Waals surface area contributed by atoms with Gasteiger partial charge in [0.2, 0.25) is 5.91 Å². The van der Waals surface area contributed by atoms with Gasteiger partial charge in [-0.2, -0.15) is 0 Å². The fraction of sp³-hybridized carbons (Fsp3) is 0.235. The van der Waals surface area contributed by atoms with Crippen molar-refractivity contribution >= 4 is 34.8 Å². The molecule has 0 bridgehead atoms. The molecule has 1 heterocycles. The summed E-state index contributed by atoms with van der Waals surface area (Å²) in [5.41, 5.74) is 0.934. The van der Waals surface area contributed by atoms with Gasteiger partial charge in [-0.1, -0.05) is 12.1 Å². The van der Waals surface area contributed by atoms with E-state index in [4.69, 9.17) is 4.74 Å². The van der Waals surface area contributed by atoms with Gasteiger partial charge in [-0.15, -0.1) is 11.3 Å². The standard InChI is InChI=1S/C17H18N2O4S/c1-11(20)18-13-6-3-5-12(9-13)17(22)19-14(10-16(21)23-2)15-7-4-8-24-15/h3-9,14H,10H2,1-2H3,(H,18,20)(H,19,22)/t14-/m1/s1. The van der Waals surface area contributed by atoms with E-state index in [0.29, 0.717) is 11.3 Å². The van der Waals surface area contributed by atoms with Crippen LogP contribution in [0, 0.1) is 0 Å². The number of thiophene rings is 1. The maximum atomic E-state index is 12.5. The number of hydrogen-bond acceptors (Lipinski definition) is 5. The predicted molar refractivity (Wildman–Crippen MR) is 91.9 cm³/mol. The molecule has 2 amide bonds. The minimum atomic E-state index is -0.464. The molecule has 0 aliphatic rings. The van der Waals surface area contributed by atoms with E-state index in [1.165, 1.54) is 25.4 Å². The average Bonchev–Trinajstić information content (AvgIpc) is 3.08. The molecule has 2 N–H and O–H groups in total. The second-order valence-corrected chi connectivity index (χ2v) is 6.06. The molecule has 1 aromatic heterocycles. The zero-order chi connectivity index (χ0) is 17.5. The number of benzene rings is 1. The number of nitrogens with one attached hydrogen (secondary N) is 2. The summed E-state index contributed by atoms with van der Waals surface area (Å²) in [5, 5.41) is 7.35. The molecular weight excluding hydrogens is 328 g/mol. The predicted octanol–water partition coefficient (Wildman–Crippen LogP) is 2.74. The van der Waals surface area contributed by atoms with Crippen LogP contribution in [-0.4, -0.2) is 24.9 Å². The summed E-state index contributed by atoms with van der Waals surface area (Å²) >= 11 is 1.45. The average molecular weight is 346 g/mol. The molecule has 0 aliphatic carbocycles. The van der Waals surface area contributed by atoms with Crippen LogP contribution in [0.5, 0.6) is 0 Å². The first-order chi connectivity index (χ1) is 11.5. The molecule has 0 radical (unpaired) electrons. The molecule has 0 fully saturated rings. The first-order valence-corrected chi connectivity index (χ1v) is 8.16. The van der Waals surface area contributed by atoms with Gasteiger partial charge in [-0.05, 0) is 29.6 Å². The van der Waals surface area contributed by atoms with Crippen molar-refractivity contribution in [2.75, 3.05) is 12.4 Å². The van der Waals surface area contributed by atoms with Crippen LogP contribution in [0.1, 0.15) is 34.6 Å². The lowest BCUT2D eigenvalue weighted by molar-refractivity contribution is -0.141. The number of anilines is 1. The van der Waals surface area contributed by atoms with Crippen LogP contribution in [0.3, 0.4) is 0 Å². The molecule has 0 aliphatic heterocycles. The zero-order valence-corrected chi connectivity index (χ0v) is 14.2. The van der Waals surface area contributed by atoms with E-state index in [0.717, 1.165) is 4.88 Å². The summed E-state index contributed by atoms with van der Waals surface area (Å²) in [6.45, 7) is 1.40. The van der Waals surface area contributed by atoms with E-state index in [-0.39, 0.29) is 18.2 Å². The van der Waals surface area contributed by atoms with Gasteiger partial charge in [0, 0.05) is 23.1 Å².